The number of nitriles is 1. The zero-order valence-electron chi connectivity index (χ0n) is 11.2. The van der Waals surface area contributed by atoms with Crippen LogP contribution in [0.4, 0.5) is 5.82 Å². The first kappa shape index (κ1) is 13.7. The summed E-state index contributed by atoms with van der Waals surface area (Å²) in [5, 5.41) is 8.96. The molecule has 0 N–H and O–H groups in total. The minimum absolute atomic E-state index is 0.0343. The molecule has 0 aliphatic carbocycles. The highest BCUT2D eigenvalue weighted by atomic mass is 35.5. The van der Waals surface area contributed by atoms with Crippen molar-refractivity contribution in [1.82, 2.24) is 9.38 Å². The van der Waals surface area contributed by atoms with Crippen molar-refractivity contribution >= 4 is 23.1 Å². The molecule has 2 aromatic heterocycles. The van der Waals surface area contributed by atoms with Gasteiger partial charge in [0.05, 0.1) is 23.6 Å². The van der Waals surface area contributed by atoms with Gasteiger partial charge < -0.3 is 9.30 Å². The van der Waals surface area contributed by atoms with Crippen molar-refractivity contribution in [2.24, 2.45) is 5.92 Å². The molecule has 0 aliphatic heterocycles. The monoisotopic (exact) mass is 276 g/mol. The molecule has 0 spiro atoms. The van der Waals surface area contributed by atoms with Crippen molar-refractivity contribution < 1.29 is 0 Å². The van der Waals surface area contributed by atoms with Crippen LogP contribution in [0, 0.1) is 17.2 Å². The Morgan fingerprint density at radius 2 is 2.32 bits per heavy atom. The summed E-state index contributed by atoms with van der Waals surface area (Å²) >= 11 is 6.07. The van der Waals surface area contributed by atoms with Gasteiger partial charge in [0.25, 0.3) is 0 Å². The van der Waals surface area contributed by atoms with Crippen LogP contribution >= 0.6 is 11.6 Å². The quantitative estimate of drug-likeness (QED) is 0.789. The molecule has 0 aromatic carbocycles. The maximum atomic E-state index is 8.96. The highest BCUT2D eigenvalue weighted by Gasteiger charge is 2.18. The van der Waals surface area contributed by atoms with Crippen molar-refractivity contribution in [3.8, 4) is 6.07 Å². The first-order valence-electron chi connectivity index (χ1n) is 6.37. The van der Waals surface area contributed by atoms with Crippen molar-refractivity contribution in [2.75, 3.05) is 18.0 Å². The van der Waals surface area contributed by atoms with Crippen LogP contribution in [-0.2, 0) is 5.88 Å². The smallest absolute Gasteiger partial charge is 0.152 e. The fourth-order valence-corrected chi connectivity index (χ4v) is 2.40. The standard InChI is InChI=1S/C14H17ClN4/c1-3-18(10-11(2)9-16)14-12(8-15)19-7-5-4-6-13(19)17-14/h4-7,11H,3,8,10H2,1-2H3. The summed E-state index contributed by atoms with van der Waals surface area (Å²) in [5.41, 5.74) is 1.86. The summed E-state index contributed by atoms with van der Waals surface area (Å²) in [6, 6.07) is 8.14. The fourth-order valence-electron chi connectivity index (χ4n) is 2.15. The van der Waals surface area contributed by atoms with Crippen LogP contribution in [0.3, 0.4) is 0 Å². The van der Waals surface area contributed by atoms with E-state index in [4.69, 9.17) is 16.9 Å². The number of rotatable bonds is 5. The maximum absolute atomic E-state index is 8.96. The average molecular weight is 277 g/mol. The highest BCUT2D eigenvalue weighted by Crippen LogP contribution is 2.24. The molecule has 0 fully saturated rings. The van der Waals surface area contributed by atoms with Gasteiger partial charge in [-0.1, -0.05) is 6.07 Å². The van der Waals surface area contributed by atoms with Gasteiger partial charge in [-0.15, -0.1) is 11.6 Å². The van der Waals surface area contributed by atoms with E-state index in [1.807, 2.05) is 35.7 Å². The lowest BCUT2D eigenvalue weighted by molar-refractivity contribution is 0.679. The lowest BCUT2D eigenvalue weighted by Crippen LogP contribution is -2.28. The van der Waals surface area contributed by atoms with Gasteiger partial charge in [0.15, 0.2) is 5.82 Å². The van der Waals surface area contributed by atoms with Gasteiger partial charge in [0.1, 0.15) is 5.65 Å². The van der Waals surface area contributed by atoms with Crippen LogP contribution in [-0.4, -0.2) is 22.5 Å². The predicted octanol–water partition coefficient (Wildman–Crippen LogP) is 3.06. The second kappa shape index (κ2) is 5.94. The van der Waals surface area contributed by atoms with E-state index in [9.17, 15) is 0 Å². The summed E-state index contributed by atoms with van der Waals surface area (Å²) in [5.74, 6) is 1.25. The summed E-state index contributed by atoms with van der Waals surface area (Å²) in [6.07, 6.45) is 1.96. The summed E-state index contributed by atoms with van der Waals surface area (Å²) in [4.78, 5) is 6.75. The highest BCUT2D eigenvalue weighted by molar-refractivity contribution is 6.17. The predicted molar refractivity (Wildman–Crippen MR) is 77.4 cm³/mol. The van der Waals surface area contributed by atoms with E-state index in [1.165, 1.54) is 0 Å². The topological polar surface area (TPSA) is 44.3 Å². The molecule has 100 valence electrons. The minimum atomic E-state index is -0.0343. The Bertz CT molecular complexity index is 599. The number of halogens is 1. The Morgan fingerprint density at radius 3 is 2.95 bits per heavy atom. The van der Waals surface area contributed by atoms with E-state index in [1.54, 1.807) is 0 Å². The number of imidazole rings is 1. The zero-order valence-corrected chi connectivity index (χ0v) is 11.9. The Morgan fingerprint density at radius 1 is 1.53 bits per heavy atom. The largest absolute Gasteiger partial charge is 0.354 e. The Balaban J connectivity index is 2.45. The Hall–Kier alpha value is -1.73. The van der Waals surface area contributed by atoms with Gasteiger partial charge in [-0.2, -0.15) is 5.26 Å². The molecule has 2 aromatic rings. The van der Waals surface area contributed by atoms with Crippen molar-refractivity contribution in [3.05, 3.63) is 30.1 Å². The van der Waals surface area contributed by atoms with Crippen molar-refractivity contribution in [1.29, 1.82) is 5.26 Å². The maximum Gasteiger partial charge on any atom is 0.152 e. The molecule has 2 heterocycles. The molecule has 0 amide bonds. The van der Waals surface area contributed by atoms with E-state index in [-0.39, 0.29) is 5.92 Å². The summed E-state index contributed by atoms with van der Waals surface area (Å²) in [7, 11) is 0. The molecule has 19 heavy (non-hydrogen) atoms. The Labute approximate surface area is 118 Å². The fraction of sp³-hybridized carbons (Fsp3) is 0.429. The Kier molecular flexibility index (Phi) is 4.28. The third-order valence-corrected chi connectivity index (χ3v) is 3.38. The number of nitrogens with zero attached hydrogens (tertiary/aromatic N) is 4. The molecular weight excluding hydrogens is 260 g/mol. The number of hydrogen-bond donors (Lipinski definition) is 0. The second-order valence-electron chi connectivity index (χ2n) is 4.51. The summed E-state index contributed by atoms with van der Waals surface area (Å²) < 4.78 is 2.00. The molecule has 1 atom stereocenters. The van der Waals surface area contributed by atoms with Gasteiger partial charge in [0.2, 0.25) is 0 Å². The van der Waals surface area contributed by atoms with Gasteiger partial charge in [-0.05, 0) is 26.0 Å². The van der Waals surface area contributed by atoms with Gasteiger partial charge in [0, 0.05) is 19.3 Å². The van der Waals surface area contributed by atoms with E-state index >= 15 is 0 Å². The molecular formula is C14H17ClN4. The molecule has 0 aliphatic rings. The molecule has 5 heteroatoms. The van der Waals surface area contributed by atoms with E-state index in [0.29, 0.717) is 12.4 Å². The first-order valence-corrected chi connectivity index (χ1v) is 6.91. The SMILES string of the molecule is CCN(CC(C)C#N)c1nc2ccccn2c1CCl. The lowest BCUT2D eigenvalue weighted by atomic mass is 10.2. The number of alkyl halides is 1. The molecule has 0 saturated carbocycles. The minimum Gasteiger partial charge on any atom is -0.354 e. The van der Waals surface area contributed by atoms with Crippen LogP contribution in [0.2, 0.25) is 0 Å². The van der Waals surface area contributed by atoms with Gasteiger partial charge >= 0.3 is 0 Å². The number of hydrogen-bond acceptors (Lipinski definition) is 3. The second-order valence-corrected chi connectivity index (χ2v) is 4.78. The first-order chi connectivity index (χ1) is 9.21. The number of aromatic nitrogens is 2. The number of anilines is 1. The van der Waals surface area contributed by atoms with Crippen LogP contribution in [0.25, 0.3) is 5.65 Å². The third-order valence-electron chi connectivity index (χ3n) is 3.13. The van der Waals surface area contributed by atoms with E-state index in [0.717, 1.165) is 23.7 Å². The van der Waals surface area contributed by atoms with Crippen molar-refractivity contribution in [3.63, 3.8) is 0 Å². The average Bonchev–Trinajstić information content (AvgIpc) is 2.82. The zero-order chi connectivity index (χ0) is 13.8. The van der Waals surface area contributed by atoms with E-state index < -0.39 is 0 Å². The summed E-state index contributed by atoms with van der Waals surface area (Å²) in [6.45, 7) is 5.45. The van der Waals surface area contributed by atoms with Crippen LogP contribution in [0.1, 0.15) is 19.5 Å². The molecule has 2 rings (SSSR count). The molecule has 0 saturated heterocycles. The lowest BCUT2D eigenvalue weighted by Gasteiger charge is -2.22. The van der Waals surface area contributed by atoms with E-state index in [2.05, 4.69) is 22.9 Å². The third kappa shape index (κ3) is 2.66. The van der Waals surface area contributed by atoms with Crippen LogP contribution < -0.4 is 4.90 Å². The van der Waals surface area contributed by atoms with Crippen LogP contribution in [0.5, 0.6) is 0 Å². The van der Waals surface area contributed by atoms with Crippen molar-refractivity contribution in [2.45, 2.75) is 19.7 Å². The van der Waals surface area contributed by atoms with Gasteiger partial charge in [-0.3, -0.25) is 0 Å². The molecule has 4 nitrogen and oxygen atoms in total. The normalized spacial score (nSPS) is 12.3. The molecule has 1 unspecified atom stereocenters. The van der Waals surface area contributed by atoms with Crippen LogP contribution in [0.15, 0.2) is 24.4 Å². The number of fused-ring (bicyclic) bond motifs is 1. The number of pyridine rings is 1. The molecule has 0 radical (unpaired) electrons. The molecule has 0 bridgehead atoms. The van der Waals surface area contributed by atoms with Gasteiger partial charge in [-0.25, -0.2) is 4.98 Å².